The number of nitrogens with zero attached hydrogens (tertiary/aromatic N) is 2. The molecular weight excluding hydrogens is 334 g/mol. The maximum absolute atomic E-state index is 12.1. The van der Waals surface area contributed by atoms with Gasteiger partial charge < -0.3 is 10.1 Å². The molecule has 2 aromatic carbocycles. The summed E-state index contributed by atoms with van der Waals surface area (Å²) in [4.78, 5) is 12.1. The van der Waals surface area contributed by atoms with Gasteiger partial charge in [0.2, 0.25) is 5.91 Å². The molecule has 1 fully saturated rings. The quantitative estimate of drug-likeness (QED) is 0.663. The molecule has 25 heavy (non-hydrogen) atoms. The number of nitrogens with one attached hydrogen (secondary N) is 1. The van der Waals surface area contributed by atoms with Crippen molar-refractivity contribution in [1.29, 1.82) is 0 Å². The lowest BCUT2D eigenvalue weighted by Gasteiger charge is -2.05. The number of carbonyl (C=O) groups is 1. The van der Waals surface area contributed by atoms with Gasteiger partial charge in [0.1, 0.15) is 5.75 Å². The van der Waals surface area contributed by atoms with Crippen LogP contribution in [0.2, 0.25) is 0 Å². The molecule has 128 valence electrons. The molecule has 0 aliphatic carbocycles. The number of thioether (sulfide) groups is 1. The van der Waals surface area contributed by atoms with E-state index in [0.717, 1.165) is 16.9 Å². The Hall–Kier alpha value is -2.60. The molecule has 1 aliphatic heterocycles. The number of rotatable bonds is 5. The van der Waals surface area contributed by atoms with Crippen LogP contribution in [0.5, 0.6) is 5.75 Å². The fraction of sp³-hybridized carbons (Fsp3) is 0.211. The van der Waals surface area contributed by atoms with Crippen LogP contribution in [0.15, 0.2) is 58.7 Å². The molecule has 1 saturated heterocycles. The number of amides is 1. The van der Waals surface area contributed by atoms with E-state index in [1.54, 1.807) is 13.3 Å². The van der Waals surface area contributed by atoms with E-state index in [1.165, 1.54) is 17.3 Å². The number of benzene rings is 2. The Morgan fingerprint density at radius 2 is 2.08 bits per heavy atom. The third-order valence-corrected chi connectivity index (χ3v) is 4.84. The van der Waals surface area contributed by atoms with Crippen molar-refractivity contribution in [1.82, 2.24) is 5.32 Å². The largest absolute Gasteiger partial charge is 0.496 e. The predicted molar refractivity (Wildman–Crippen MR) is 102 cm³/mol. The van der Waals surface area contributed by atoms with Crippen molar-refractivity contribution in [2.24, 2.45) is 10.2 Å². The van der Waals surface area contributed by atoms with E-state index in [-0.39, 0.29) is 11.2 Å². The number of carbonyl (C=O) groups excluding carboxylic acids is 1. The number of ether oxygens (including phenoxy) is 1. The van der Waals surface area contributed by atoms with Gasteiger partial charge >= 0.3 is 0 Å². The van der Waals surface area contributed by atoms with Gasteiger partial charge in [-0.25, -0.2) is 0 Å². The smallest absolute Gasteiger partial charge is 0.239 e. The minimum Gasteiger partial charge on any atom is -0.496 e. The van der Waals surface area contributed by atoms with Crippen LogP contribution in [-0.2, 0) is 11.2 Å². The zero-order chi connectivity index (χ0) is 17.6. The molecule has 0 unspecified atom stereocenters. The predicted octanol–water partition coefficient (Wildman–Crippen LogP) is 3.17. The van der Waals surface area contributed by atoms with Gasteiger partial charge in [0.15, 0.2) is 5.17 Å². The van der Waals surface area contributed by atoms with Gasteiger partial charge in [0, 0.05) is 5.56 Å². The summed E-state index contributed by atoms with van der Waals surface area (Å²) >= 11 is 1.41. The Bertz CT molecular complexity index is 833. The number of aryl methyl sites for hydroxylation is 1. The second-order valence-corrected chi connectivity index (χ2v) is 6.87. The highest BCUT2D eigenvalue weighted by atomic mass is 32.2. The lowest BCUT2D eigenvalue weighted by molar-refractivity contribution is -0.118. The first kappa shape index (κ1) is 17.2. The topological polar surface area (TPSA) is 63.1 Å². The van der Waals surface area contributed by atoms with Gasteiger partial charge in [-0.3, -0.25) is 4.79 Å². The average molecular weight is 353 g/mol. The molecular formula is C19H19N3O2S. The van der Waals surface area contributed by atoms with E-state index >= 15 is 0 Å². The third kappa shape index (κ3) is 4.48. The second kappa shape index (κ2) is 7.98. The molecule has 1 aliphatic rings. The summed E-state index contributed by atoms with van der Waals surface area (Å²) in [7, 11) is 1.61. The molecule has 2 aromatic rings. The van der Waals surface area contributed by atoms with Gasteiger partial charge in [-0.2, -0.15) is 5.10 Å². The first-order chi connectivity index (χ1) is 12.2. The van der Waals surface area contributed by atoms with Gasteiger partial charge in [0.05, 0.1) is 18.6 Å². The minimum atomic E-state index is -0.179. The summed E-state index contributed by atoms with van der Waals surface area (Å²) in [6.45, 7) is 2.05. The van der Waals surface area contributed by atoms with E-state index in [0.29, 0.717) is 11.6 Å². The molecule has 5 nitrogen and oxygen atoms in total. The maximum Gasteiger partial charge on any atom is 0.239 e. The van der Waals surface area contributed by atoms with Crippen molar-refractivity contribution in [3.8, 4) is 5.75 Å². The molecule has 0 saturated carbocycles. The summed E-state index contributed by atoms with van der Waals surface area (Å²) in [5.74, 6) is 0.699. The molecule has 6 heteroatoms. The molecule has 0 aromatic heterocycles. The summed E-state index contributed by atoms with van der Waals surface area (Å²) in [5, 5.41) is 11.3. The average Bonchev–Trinajstić information content (AvgIpc) is 2.95. The molecule has 0 spiro atoms. The number of methoxy groups -OCH3 is 1. The molecule has 1 amide bonds. The number of hydrogen-bond acceptors (Lipinski definition) is 5. The van der Waals surface area contributed by atoms with Gasteiger partial charge in [0.25, 0.3) is 0 Å². The Morgan fingerprint density at radius 1 is 1.24 bits per heavy atom. The Balaban J connectivity index is 1.65. The molecule has 3 rings (SSSR count). The van der Waals surface area contributed by atoms with E-state index < -0.39 is 0 Å². The minimum absolute atomic E-state index is 0.0299. The summed E-state index contributed by atoms with van der Waals surface area (Å²) in [5.41, 5.74) is 3.17. The fourth-order valence-electron chi connectivity index (χ4n) is 2.56. The normalized spacial score (nSPS) is 18.7. The zero-order valence-electron chi connectivity index (χ0n) is 14.1. The third-order valence-electron chi connectivity index (χ3n) is 3.76. The SMILES string of the molecule is COc1ccccc1/C=N\N=C1/NC(=O)[C@@H](Cc2cccc(C)c2)S1. The van der Waals surface area contributed by atoms with E-state index in [1.807, 2.05) is 49.4 Å². The van der Waals surface area contributed by atoms with E-state index in [9.17, 15) is 4.79 Å². The van der Waals surface area contributed by atoms with Crippen LogP contribution in [0.4, 0.5) is 0 Å². The Morgan fingerprint density at radius 3 is 2.88 bits per heavy atom. The Labute approximate surface area is 151 Å². The lowest BCUT2D eigenvalue weighted by atomic mass is 10.1. The Kier molecular flexibility index (Phi) is 5.50. The lowest BCUT2D eigenvalue weighted by Crippen LogP contribution is -2.25. The molecule has 0 radical (unpaired) electrons. The van der Waals surface area contributed by atoms with E-state index in [2.05, 4.69) is 21.6 Å². The van der Waals surface area contributed by atoms with E-state index in [4.69, 9.17) is 4.74 Å². The van der Waals surface area contributed by atoms with Crippen LogP contribution in [0.25, 0.3) is 0 Å². The standard InChI is InChI=1S/C19H19N3O2S/c1-13-6-5-7-14(10-13)11-17-18(23)21-19(25-17)22-20-12-15-8-3-4-9-16(15)24-2/h3-10,12,17H,11H2,1-2H3,(H,21,22,23)/b20-12-/t17-/m1/s1. The van der Waals surface area contributed by atoms with Crippen molar-refractivity contribution in [3.05, 3.63) is 65.2 Å². The highest BCUT2D eigenvalue weighted by Gasteiger charge is 2.30. The van der Waals surface area contributed by atoms with Crippen LogP contribution >= 0.6 is 11.8 Å². The number of hydrogen-bond donors (Lipinski definition) is 1. The summed E-state index contributed by atoms with van der Waals surface area (Å²) in [6.07, 6.45) is 2.29. The fourth-order valence-corrected chi connectivity index (χ4v) is 3.52. The van der Waals surface area contributed by atoms with Crippen molar-refractivity contribution >= 4 is 29.1 Å². The molecule has 0 bridgehead atoms. The number of amidine groups is 1. The van der Waals surface area contributed by atoms with Crippen LogP contribution in [0, 0.1) is 6.92 Å². The van der Waals surface area contributed by atoms with Crippen LogP contribution in [-0.4, -0.2) is 29.6 Å². The molecule has 1 heterocycles. The molecule has 1 N–H and O–H groups in total. The van der Waals surface area contributed by atoms with Crippen molar-refractivity contribution < 1.29 is 9.53 Å². The first-order valence-electron chi connectivity index (χ1n) is 7.93. The van der Waals surface area contributed by atoms with Gasteiger partial charge in [-0.15, -0.1) is 5.10 Å². The van der Waals surface area contributed by atoms with Crippen molar-refractivity contribution in [2.75, 3.05) is 7.11 Å². The van der Waals surface area contributed by atoms with Crippen LogP contribution in [0.1, 0.15) is 16.7 Å². The second-order valence-electron chi connectivity index (χ2n) is 5.68. The van der Waals surface area contributed by atoms with Crippen LogP contribution < -0.4 is 10.1 Å². The molecule has 1 atom stereocenters. The first-order valence-corrected chi connectivity index (χ1v) is 8.81. The highest BCUT2D eigenvalue weighted by molar-refractivity contribution is 8.15. The highest BCUT2D eigenvalue weighted by Crippen LogP contribution is 2.24. The van der Waals surface area contributed by atoms with Crippen molar-refractivity contribution in [3.63, 3.8) is 0 Å². The van der Waals surface area contributed by atoms with Crippen molar-refractivity contribution in [2.45, 2.75) is 18.6 Å². The zero-order valence-corrected chi connectivity index (χ0v) is 14.9. The van der Waals surface area contributed by atoms with Crippen LogP contribution in [0.3, 0.4) is 0 Å². The summed E-state index contributed by atoms with van der Waals surface area (Å²) in [6, 6.07) is 15.7. The monoisotopic (exact) mass is 353 g/mol. The maximum atomic E-state index is 12.1. The van der Waals surface area contributed by atoms with Gasteiger partial charge in [-0.1, -0.05) is 53.7 Å². The number of para-hydroxylation sites is 1. The van der Waals surface area contributed by atoms with Gasteiger partial charge in [-0.05, 0) is 31.0 Å². The summed E-state index contributed by atoms with van der Waals surface area (Å²) < 4.78 is 5.26.